The SMILES string of the molecule is C1CCC([C@H]2CCCSC2)CC1. The molecular weight excluding hydrogens is 164 g/mol. The summed E-state index contributed by atoms with van der Waals surface area (Å²) in [6, 6.07) is 0. The zero-order chi connectivity index (χ0) is 8.23. The first-order chi connectivity index (χ1) is 5.97. The van der Waals surface area contributed by atoms with Crippen LogP contribution in [0.2, 0.25) is 0 Å². The van der Waals surface area contributed by atoms with Gasteiger partial charge in [0, 0.05) is 0 Å². The summed E-state index contributed by atoms with van der Waals surface area (Å²) < 4.78 is 0. The highest BCUT2D eigenvalue weighted by Gasteiger charge is 2.24. The Morgan fingerprint density at radius 2 is 1.50 bits per heavy atom. The summed E-state index contributed by atoms with van der Waals surface area (Å²) in [5.74, 6) is 5.13. The minimum atomic E-state index is 1.10. The van der Waals surface area contributed by atoms with Crippen LogP contribution < -0.4 is 0 Å². The van der Waals surface area contributed by atoms with Crippen LogP contribution in [0.25, 0.3) is 0 Å². The van der Waals surface area contributed by atoms with Crippen molar-refractivity contribution in [2.24, 2.45) is 11.8 Å². The molecule has 2 rings (SSSR count). The predicted octanol–water partition coefficient (Wildman–Crippen LogP) is 3.71. The average molecular weight is 184 g/mol. The fourth-order valence-corrected chi connectivity index (χ4v) is 4.02. The molecule has 12 heavy (non-hydrogen) atoms. The van der Waals surface area contributed by atoms with Gasteiger partial charge < -0.3 is 0 Å². The maximum absolute atomic E-state index is 2.20. The van der Waals surface area contributed by atoms with Gasteiger partial charge in [-0.1, -0.05) is 32.1 Å². The van der Waals surface area contributed by atoms with E-state index in [-0.39, 0.29) is 0 Å². The van der Waals surface area contributed by atoms with Gasteiger partial charge in [0.15, 0.2) is 0 Å². The molecule has 0 N–H and O–H groups in total. The number of hydrogen-bond donors (Lipinski definition) is 0. The van der Waals surface area contributed by atoms with Gasteiger partial charge in [-0.2, -0.15) is 11.8 Å². The van der Waals surface area contributed by atoms with Gasteiger partial charge in [0.2, 0.25) is 0 Å². The highest BCUT2D eigenvalue weighted by atomic mass is 32.2. The van der Waals surface area contributed by atoms with Gasteiger partial charge >= 0.3 is 0 Å². The molecule has 1 saturated heterocycles. The quantitative estimate of drug-likeness (QED) is 0.598. The van der Waals surface area contributed by atoms with E-state index in [2.05, 4.69) is 11.8 Å². The van der Waals surface area contributed by atoms with Gasteiger partial charge in [-0.15, -0.1) is 0 Å². The lowest BCUT2D eigenvalue weighted by Gasteiger charge is -2.32. The monoisotopic (exact) mass is 184 g/mol. The van der Waals surface area contributed by atoms with Crippen molar-refractivity contribution < 1.29 is 0 Å². The zero-order valence-corrected chi connectivity index (χ0v) is 8.74. The molecule has 0 nitrogen and oxygen atoms in total. The van der Waals surface area contributed by atoms with Crippen LogP contribution >= 0.6 is 11.8 Å². The Morgan fingerprint density at radius 1 is 0.750 bits per heavy atom. The van der Waals surface area contributed by atoms with E-state index in [1.807, 2.05) is 0 Å². The fraction of sp³-hybridized carbons (Fsp3) is 1.00. The van der Waals surface area contributed by atoms with Gasteiger partial charge in [0.05, 0.1) is 0 Å². The maximum Gasteiger partial charge on any atom is -0.00365 e. The number of rotatable bonds is 1. The Labute approximate surface area is 80.5 Å². The van der Waals surface area contributed by atoms with E-state index >= 15 is 0 Å². The second-order valence-corrected chi connectivity index (χ2v) is 5.53. The molecule has 1 aliphatic heterocycles. The van der Waals surface area contributed by atoms with Gasteiger partial charge in [-0.3, -0.25) is 0 Å². The number of hydrogen-bond acceptors (Lipinski definition) is 1. The van der Waals surface area contributed by atoms with Gasteiger partial charge in [0.25, 0.3) is 0 Å². The van der Waals surface area contributed by atoms with Crippen LogP contribution in [0.4, 0.5) is 0 Å². The third-order valence-corrected chi connectivity index (χ3v) is 4.75. The minimum absolute atomic E-state index is 1.10. The normalized spacial score (nSPS) is 33.5. The van der Waals surface area contributed by atoms with Crippen molar-refractivity contribution in [3.63, 3.8) is 0 Å². The molecule has 1 atom stereocenters. The Hall–Kier alpha value is 0.350. The lowest BCUT2D eigenvalue weighted by molar-refractivity contribution is 0.252. The van der Waals surface area contributed by atoms with Crippen molar-refractivity contribution in [1.29, 1.82) is 0 Å². The van der Waals surface area contributed by atoms with E-state index < -0.39 is 0 Å². The van der Waals surface area contributed by atoms with Gasteiger partial charge in [0.1, 0.15) is 0 Å². The predicted molar refractivity (Wildman–Crippen MR) is 56.6 cm³/mol. The van der Waals surface area contributed by atoms with Crippen LogP contribution in [0.3, 0.4) is 0 Å². The second kappa shape index (κ2) is 4.55. The van der Waals surface area contributed by atoms with Crippen molar-refractivity contribution >= 4 is 11.8 Å². The minimum Gasteiger partial charge on any atom is -0.162 e. The molecule has 70 valence electrons. The standard InChI is InChI=1S/C11H20S/c1-2-5-10(6-3-1)11-7-4-8-12-9-11/h10-11H,1-9H2/t11-/m0/s1. The third kappa shape index (κ3) is 2.18. The molecule has 0 radical (unpaired) electrons. The van der Waals surface area contributed by atoms with Gasteiger partial charge in [-0.05, 0) is 36.2 Å². The first-order valence-electron chi connectivity index (χ1n) is 5.54. The Morgan fingerprint density at radius 3 is 2.17 bits per heavy atom. The molecular formula is C11H20S. The summed E-state index contributed by atoms with van der Waals surface area (Å²) in [4.78, 5) is 0. The summed E-state index contributed by atoms with van der Waals surface area (Å²) in [6.07, 6.45) is 10.7. The van der Waals surface area contributed by atoms with Crippen LogP contribution in [-0.4, -0.2) is 11.5 Å². The van der Waals surface area contributed by atoms with Crippen molar-refractivity contribution in [3.05, 3.63) is 0 Å². The topological polar surface area (TPSA) is 0 Å². The highest BCUT2D eigenvalue weighted by Crippen LogP contribution is 2.36. The highest BCUT2D eigenvalue weighted by molar-refractivity contribution is 7.99. The first-order valence-corrected chi connectivity index (χ1v) is 6.70. The lowest BCUT2D eigenvalue weighted by Crippen LogP contribution is -2.22. The van der Waals surface area contributed by atoms with Crippen LogP contribution in [0, 0.1) is 11.8 Å². The molecule has 0 aromatic rings. The van der Waals surface area contributed by atoms with Crippen molar-refractivity contribution in [3.8, 4) is 0 Å². The summed E-state index contributed by atoms with van der Waals surface area (Å²) in [6.45, 7) is 0. The van der Waals surface area contributed by atoms with Crippen LogP contribution in [0.15, 0.2) is 0 Å². The fourth-order valence-electron chi connectivity index (χ4n) is 2.74. The van der Waals surface area contributed by atoms with E-state index in [9.17, 15) is 0 Å². The molecule has 2 fully saturated rings. The third-order valence-electron chi connectivity index (χ3n) is 3.51. The maximum atomic E-state index is 2.20. The lowest BCUT2D eigenvalue weighted by atomic mass is 9.79. The Kier molecular flexibility index (Phi) is 3.38. The molecule has 0 unspecified atom stereocenters. The van der Waals surface area contributed by atoms with Crippen molar-refractivity contribution in [2.45, 2.75) is 44.9 Å². The molecule has 0 spiro atoms. The molecule has 1 aliphatic carbocycles. The summed E-state index contributed by atoms with van der Waals surface area (Å²) >= 11 is 2.20. The van der Waals surface area contributed by atoms with Crippen LogP contribution in [0.1, 0.15) is 44.9 Å². The van der Waals surface area contributed by atoms with Crippen molar-refractivity contribution in [2.75, 3.05) is 11.5 Å². The molecule has 1 saturated carbocycles. The zero-order valence-electron chi connectivity index (χ0n) is 7.93. The smallest absolute Gasteiger partial charge is 0.00365 e. The van der Waals surface area contributed by atoms with E-state index in [1.165, 1.54) is 43.6 Å². The van der Waals surface area contributed by atoms with E-state index in [4.69, 9.17) is 0 Å². The van der Waals surface area contributed by atoms with E-state index in [1.54, 1.807) is 12.8 Å². The summed E-state index contributed by atoms with van der Waals surface area (Å²) in [7, 11) is 0. The largest absolute Gasteiger partial charge is 0.162 e. The molecule has 0 bridgehead atoms. The van der Waals surface area contributed by atoms with E-state index in [0.717, 1.165) is 11.8 Å². The molecule has 1 heteroatoms. The summed E-state index contributed by atoms with van der Waals surface area (Å²) in [5.41, 5.74) is 0. The second-order valence-electron chi connectivity index (χ2n) is 4.38. The molecule has 2 aliphatic rings. The van der Waals surface area contributed by atoms with Crippen LogP contribution in [0.5, 0.6) is 0 Å². The Balaban J connectivity index is 1.80. The molecule has 1 heterocycles. The van der Waals surface area contributed by atoms with E-state index in [0.29, 0.717) is 0 Å². The molecule has 0 amide bonds. The first kappa shape index (κ1) is 8.93. The molecule has 0 aromatic heterocycles. The summed E-state index contributed by atoms with van der Waals surface area (Å²) in [5, 5.41) is 0. The Bertz CT molecular complexity index is 105. The average Bonchev–Trinajstić information content (AvgIpc) is 2.21. The van der Waals surface area contributed by atoms with Gasteiger partial charge in [-0.25, -0.2) is 0 Å². The van der Waals surface area contributed by atoms with Crippen LogP contribution in [-0.2, 0) is 0 Å². The molecule has 0 aromatic carbocycles. The number of thioether (sulfide) groups is 1. The van der Waals surface area contributed by atoms with Crippen molar-refractivity contribution in [1.82, 2.24) is 0 Å².